The van der Waals surface area contributed by atoms with Crippen molar-refractivity contribution in [3.05, 3.63) is 65.2 Å². The smallest absolute Gasteiger partial charge is 0.227 e. The third-order valence-electron chi connectivity index (χ3n) is 5.79. The number of halogens is 2. The standard InChI is InChI=1S/C22H19F2N3O2/c23-18-3-1-2-16(21(18)24)10-19(28)26-9-8-22(13-26)11-20(29)27(14-22)17-6-4-15(12-25)5-7-17/h1-7H,8-11,13-14H2/t22-/m1/s1. The van der Waals surface area contributed by atoms with E-state index >= 15 is 0 Å². The molecule has 0 aromatic heterocycles. The van der Waals surface area contributed by atoms with Gasteiger partial charge in [0.2, 0.25) is 11.8 Å². The van der Waals surface area contributed by atoms with E-state index in [0.29, 0.717) is 38.0 Å². The molecule has 5 nitrogen and oxygen atoms in total. The van der Waals surface area contributed by atoms with Crippen LogP contribution >= 0.6 is 0 Å². The van der Waals surface area contributed by atoms with Crippen molar-refractivity contribution in [2.75, 3.05) is 24.5 Å². The minimum atomic E-state index is -0.988. The molecule has 2 saturated heterocycles. The zero-order valence-electron chi connectivity index (χ0n) is 15.7. The van der Waals surface area contributed by atoms with Crippen LogP contribution in [0.4, 0.5) is 14.5 Å². The number of hydrogen-bond acceptors (Lipinski definition) is 3. The first-order chi connectivity index (χ1) is 13.9. The van der Waals surface area contributed by atoms with Crippen LogP contribution < -0.4 is 4.90 Å². The van der Waals surface area contributed by atoms with Gasteiger partial charge in [-0.1, -0.05) is 12.1 Å². The van der Waals surface area contributed by atoms with Gasteiger partial charge in [0, 0.05) is 42.7 Å². The molecule has 0 radical (unpaired) electrons. The summed E-state index contributed by atoms with van der Waals surface area (Å²) in [7, 11) is 0. The van der Waals surface area contributed by atoms with E-state index in [0.717, 1.165) is 11.8 Å². The maximum atomic E-state index is 13.9. The van der Waals surface area contributed by atoms with Crippen LogP contribution in [-0.2, 0) is 16.0 Å². The molecule has 1 spiro atoms. The van der Waals surface area contributed by atoms with Crippen LogP contribution in [0.5, 0.6) is 0 Å². The van der Waals surface area contributed by atoms with Crippen molar-refractivity contribution in [3.63, 3.8) is 0 Å². The van der Waals surface area contributed by atoms with Crippen molar-refractivity contribution < 1.29 is 18.4 Å². The highest BCUT2D eigenvalue weighted by Gasteiger charge is 2.48. The van der Waals surface area contributed by atoms with E-state index in [-0.39, 0.29) is 29.2 Å². The molecule has 2 heterocycles. The van der Waals surface area contributed by atoms with Gasteiger partial charge in [-0.3, -0.25) is 9.59 Å². The maximum absolute atomic E-state index is 13.9. The zero-order chi connectivity index (χ0) is 20.6. The van der Waals surface area contributed by atoms with Crippen molar-refractivity contribution in [1.29, 1.82) is 5.26 Å². The first kappa shape index (κ1) is 19.1. The Balaban J connectivity index is 1.44. The summed E-state index contributed by atoms with van der Waals surface area (Å²) in [5.41, 5.74) is 0.966. The Kier molecular flexibility index (Phi) is 4.79. The molecule has 2 aromatic carbocycles. The van der Waals surface area contributed by atoms with Gasteiger partial charge < -0.3 is 9.80 Å². The van der Waals surface area contributed by atoms with Gasteiger partial charge in [-0.15, -0.1) is 0 Å². The molecule has 0 unspecified atom stereocenters. The van der Waals surface area contributed by atoms with Gasteiger partial charge >= 0.3 is 0 Å². The molecule has 2 amide bonds. The summed E-state index contributed by atoms with van der Waals surface area (Å²) in [6.45, 7) is 1.40. The predicted molar refractivity (Wildman–Crippen MR) is 102 cm³/mol. The number of rotatable bonds is 3. The van der Waals surface area contributed by atoms with Crippen LogP contribution in [0.1, 0.15) is 24.0 Å². The fraction of sp³-hybridized carbons (Fsp3) is 0.318. The number of carbonyl (C=O) groups is 2. The number of nitriles is 1. The molecule has 0 bridgehead atoms. The van der Waals surface area contributed by atoms with E-state index in [1.807, 2.05) is 0 Å². The Bertz CT molecular complexity index is 1020. The Labute approximate surface area is 167 Å². The van der Waals surface area contributed by atoms with Crippen LogP contribution in [0.15, 0.2) is 42.5 Å². The zero-order valence-corrected chi connectivity index (χ0v) is 15.7. The van der Waals surface area contributed by atoms with E-state index in [1.54, 1.807) is 34.1 Å². The third-order valence-corrected chi connectivity index (χ3v) is 5.79. The highest BCUT2D eigenvalue weighted by atomic mass is 19.2. The number of anilines is 1. The molecule has 0 aliphatic carbocycles. The van der Waals surface area contributed by atoms with E-state index in [1.165, 1.54) is 12.1 Å². The predicted octanol–water partition coefficient (Wildman–Crippen LogP) is 3.03. The van der Waals surface area contributed by atoms with E-state index in [4.69, 9.17) is 5.26 Å². The molecule has 2 aromatic rings. The number of nitrogens with zero attached hydrogens (tertiary/aromatic N) is 3. The molecular formula is C22H19F2N3O2. The van der Waals surface area contributed by atoms with Gasteiger partial charge in [0.25, 0.3) is 0 Å². The fourth-order valence-corrected chi connectivity index (χ4v) is 4.23. The van der Waals surface area contributed by atoms with E-state index < -0.39 is 11.6 Å². The topological polar surface area (TPSA) is 64.4 Å². The van der Waals surface area contributed by atoms with Crippen molar-refractivity contribution in [2.24, 2.45) is 5.41 Å². The third kappa shape index (κ3) is 3.58. The average molecular weight is 395 g/mol. The summed E-state index contributed by atoms with van der Waals surface area (Å²) in [6.07, 6.45) is 0.820. The lowest BCUT2D eigenvalue weighted by Gasteiger charge is -2.24. The molecule has 7 heteroatoms. The van der Waals surface area contributed by atoms with E-state index in [9.17, 15) is 18.4 Å². The van der Waals surface area contributed by atoms with Gasteiger partial charge in [0.1, 0.15) is 0 Å². The molecule has 1 atom stereocenters. The summed E-state index contributed by atoms with van der Waals surface area (Å²) >= 11 is 0. The summed E-state index contributed by atoms with van der Waals surface area (Å²) in [4.78, 5) is 28.6. The van der Waals surface area contributed by atoms with Gasteiger partial charge in [0.05, 0.1) is 18.1 Å². The van der Waals surface area contributed by atoms with Crippen LogP contribution in [-0.4, -0.2) is 36.3 Å². The van der Waals surface area contributed by atoms with E-state index in [2.05, 4.69) is 6.07 Å². The Morgan fingerprint density at radius 3 is 2.62 bits per heavy atom. The molecule has 0 N–H and O–H groups in total. The molecule has 2 fully saturated rings. The lowest BCUT2D eigenvalue weighted by Crippen LogP contribution is -2.35. The van der Waals surface area contributed by atoms with Gasteiger partial charge in [0.15, 0.2) is 11.6 Å². The molecule has 29 heavy (non-hydrogen) atoms. The van der Waals surface area contributed by atoms with Crippen LogP contribution in [0.25, 0.3) is 0 Å². The number of amides is 2. The molecule has 0 saturated carbocycles. The lowest BCUT2D eigenvalue weighted by molar-refractivity contribution is -0.130. The van der Waals surface area contributed by atoms with Crippen molar-refractivity contribution in [1.82, 2.24) is 4.90 Å². The summed E-state index contributed by atoms with van der Waals surface area (Å²) in [6, 6.07) is 12.7. The first-order valence-electron chi connectivity index (χ1n) is 9.42. The monoisotopic (exact) mass is 395 g/mol. The second-order valence-electron chi connectivity index (χ2n) is 7.77. The molecule has 2 aliphatic heterocycles. The summed E-state index contributed by atoms with van der Waals surface area (Å²) < 4.78 is 27.3. The second kappa shape index (κ2) is 7.28. The van der Waals surface area contributed by atoms with Crippen LogP contribution in [0.3, 0.4) is 0 Å². The quantitative estimate of drug-likeness (QED) is 0.803. The van der Waals surface area contributed by atoms with Gasteiger partial charge in [-0.2, -0.15) is 5.26 Å². The number of likely N-dealkylation sites (tertiary alicyclic amines) is 1. The summed E-state index contributed by atoms with van der Waals surface area (Å²) in [5.74, 6) is -2.23. The first-order valence-corrected chi connectivity index (χ1v) is 9.42. The molecular weight excluding hydrogens is 376 g/mol. The molecule has 2 aliphatic rings. The SMILES string of the molecule is N#Cc1ccc(N2C[C@]3(CCN(C(=O)Cc4cccc(F)c4F)C3)CC2=O)cc1. The van der Waals surface area contributed by atoms with Gasteiger partial charge in [-0.25, -0.2) is 8.78 Å². The van der Waals surface area contributed by atoms with Crippen molar-refractivity contribution >= 4 is 17.5 Å². The largest absolute Gasteiger partial charge is 0.342 e. The molecule has 148 valence electrons. The second-order valence-corrected chi connectivity index (χ2v) is 7.77. The lowest BCUT2D eigenvalue weighted by atomic mass is 9.86. The minimum Gasteiger partial charge on any atom is -0.342 e. The molecule has 4 rings (SSSR count). The van der Waals surface area contributed by atoms with Crippen LogP contribution in [0.2, 0.25) is 0 Å². The Hall–Kier alpha value is -3.27. The summed E-state index contributed by atoms with van der Waals surface area (Å²) in [5, 5.41) is 8.92. The highest BCUT2D eigenvalue weighted by Crippen LogP contribution is 2.42. The highest BCUT2D eigenvalue weighted by molar-refractivity contribution is 5.96. The van der Waals surface area contributed by atoms with Crippen LogP contribution in [0, 0.1) is 28.4 Å². The average Bonchev–Trinajstić information content (AvgIpc) is 3.28. The normalized spacial score (nSPS) is 21.1. The number of benzene rings is 2. The number of carbonyl (C=O) groups excluding carboxylic acids is 2. The Morgan fingerprint density at radius 1 is 1.14 bits per heavy atom. The van der Waals surface area contributed by atoms with Gasteiger partial charge in [-0.05, 0) is 36.8 Å². The maximum Gasteiger partial charge on any atom is 0.227 e. The van der Waals surface area contributed by atoms with Crippen molar-refractivity contribution in [2.45, 2.75) is 19.3 Å². The fourth-order valence-electron chi connectivity index (χ4n) is 4.23. The minimum absolute atomic E-state index is 0.0137. The van der Waals surface area contributed by atoms with Crippen molar-refractivity contribution in [3.8, 4) is 6.07 Å². The number of hydrogen-bond donors (Lipinski definition) is 0. The Morgan fingerprint density at radius 2 is 1.90 bits per heavy atom.